The van der Waals surface area contributed by atoms with Crippen LogP contribution in [0.25, 0.3) is 0 Å². The third-order valence-corrected chi connectivity index (χ3v) is 4.89. The fraction of sp³-hybridized carbons (Fsp3) is 0.400. The Labute approximate surface area is 153 Å². The lowest BCUT2D eigenvalue weighted by Gasteiger charge is -2.33. The van der Waals surface area contributed by atoms with Gasteiger partial charge in [-0.05, 0) is 37.1 Å². The molecule has 1 atom stereocenters. The van der Waals surface area contributed by atoms with Crippen molar-refractivity contribution in [2.45, 2.75) is 46.2 Å². The van der Waals surface area contributed by atoms with Crippen molar-refractivity contribution in [1.82, 2.24) is 19.4 Å². The van der Waals surface area contributed by atoms with E-state index in [1.165, 1.54) is 0 Å². The molecule has 0 saturated carbocycles. The maximum absolute atomic E-state index is 5.90. The van der Waals surface area contributed by atoms with E-state index in [4.69, 9.17) is 9.15 Å². The molecule has 0 radical (unpaired) electrons. The van der Waals surface area contributed by atoms with E-state index in [1.807, 2.05) is 37.6 Å². The summed E-state index contributed by atoms with van der Waals surface area (Å²) in [5.74, 6) is 2.09. The Kier molecular flexibility index (Phi) is 4.86. The van der Waals surface area contributed by atoms with Crippen LogP contribution in [0.1, 0.15) is 41.4 Å². The summed E-state index contributed by atoms with van der Waals surface area (Å²) in [7, 11) is 0. The second-order valence-corrected chi connectivity index (χ2v) is 6.85. The highest BCUT2D eigenvalue weighted by molar-refractivity contribution is 5.16. The monoisotopic (exact) mass is 352 g/mol. The van der Waals surface area contributed by atoms with Crippen LogP contribution in [0.5, 0.6) is 0 Å². The van der Waals surface area contributed by atoms with Gasteiger partial charge in [0.25, 0.3) is 0 Å². The Bertz CT molecular complexity index is 857. The SMILES string of the molecule is Cc1cncc(COCc2cnc3n2CCN(Cc2ccco2)[C@H]3C)c1. The summed E-state index contributed by atoms with van der Waals surface area (Å²) < 4.78 is 13.7. The van der Waals surface area contributed by atoms with Crippen molar-refractivity contribution in [3.05, 3.63) is 71.5 Å². The maximum Gasteiger partial charge on any atom is 0.126 e. The number of aryl methyl sites for hydroxylation is 1. The molecule has 0 aliphatic carbocycles. The zero-order chi connectivity index (χ0) is 17.9. The summed E-state index contributed by atoms with van der Waals surface area (Å²) in [5.41, 5.74) is 3.38. The molecule has 136 valence electrons. The molecule has 0 fully saturated rings. The highest BCUT2D eigenvalue weighted by atomic mass is 16.5. The van der Waals surface area contributed by atoms with Gasteiger partial charge >= 0.3 is 0 Å². The van der Waals surface area contributed by atoms with E-state index < -0.39 is 0 Å². The predicted octanol–water partition coefficient (Wildman–Crippen LogP) is 3.47. The van der Waals surface area contributed by atoms with Gasteiger partial charge in [-0.2, -0.15) is 0 Å². The molecular weight excluding hydrogens is 328 g/mol. The van der Waals surface area contributed by atoms with Crippen LogP contribution in [-0.2, 0) is 31.0 Å². The lowest BCUT2D eigenvalue weighted by Crippen LogP contribution is -2.37. The summed E-state index contributed by atoms with van der Waals surface area (Å²) in [6.45, 7) is 8.07. The average molecular weight is 352 g/mol. The Morgan fingerprint density at radius 3 is 2.96 bits per heavy atom. The van der Waals surface area contributed by atoms with Crippen LogP contribution >= 0.6 is 0 Å². The van der Waals surface area contributed by atoms with E-state index in [9.17, 15) is 0 Å². The number of aromatic nitrogens is 3. The molecule has 3 aromatic rings. The number of hydrogen-bond acceptors (Lipinski definition) is 5. The minimum Gasteiger partial charge on any atom is -0.468 e. The van der Waals surface area contributed by atoms with Gasteiger partial charge in [0.2, 0.25) is 0 Å². The van der Waals surface area contributed by atoms with E-state index >= 15 is 0 Å². The number of ether oxygens (including phenoxy) is 1. The van der Waals surface area contributed by atoms with Gasteiger partial charge in [0.15, 0.2) is 0 Å². The third kappa shape index (κ3) is 3.57. The van der Waals surface area contributed by atoms with Gasteiger partial charge in [0.05, 0.1) is 44.0 Å². The van der Waals surface area contributed by atoms with Gasteiger partial charge in [-0.15, -0.1) is 0 Å². The van der Waals surface area contributed by atoms with Gasteiger partial charge in [0, 0.05) is 25.5 Å². The van der Waals surface area contributed by atoms with E-state index in [-0.39, 0.29) is 6.04 Å². The smallest absolute Gasteiger partial charge is 0.126 e. The molecule has 1 aliphatic rings. The minimum atomic E-state index is 0.253. The van der Waals surface area contributed by atoms with Crippen molar-refractivity contribution >= 4 is 0 Å². The van der Waals surface area contributed by atoms with E-state index in [1.54, 1.807) is 6.26 Å². The van der Waals surface area contributed by atoms with Crippen LogP contribution in [0.4, 0.5) is 0 Å². The molecule has 6 nitrogen and oxygen atoms in total. The lowest BCUT2D eigenvalue weighted by atomic mass is 10.2. The third-order valence-electron chi connectivity index (χ3n) is 4.89. The van der Waals surface area contributed by atoms with Crippen LogP contribution in [0, 0.1) is 6.92 Å². The summed E-state index contributed by atoms with van der Waals surface area (Å²) in [4.78, 5) is 11.3. The fourth-order valence-electron chi connectivity index (χ4n) is 3.51. The second kappa shape index (κ2) is 7.43. The van der Waals surface area contributed by atoms with Crippen molar-refractivity contribution in [3.63, 3.8) is 0 Å². The molecular formula is C20H24N4O2. The number of pyridine rings is 1. The molecule has 0 amide bonds. The predicted molar refractivity (Wildman–Crippen MR) is 97.2 cm³/mol. The molecule has 4 heterocycles. The summed E-state index contributed by atoms with van der Waals surface area (Å²) in [5, 5.41) is 0. The molecule has 6 heteroatoms. The van der Waals surface area contributed by atoms with Crippen LogP contribution in [0.2, 0.25) is 0 Å². The Morgan fingerprint density at radius 2 is 2.15 bits per heavy atom. The van der Waals surface area contributed by atoms with E-state index in [2.05, 4.69) is 32.4 Å². The molecule has 0 N–H and O–H groups in total. The Balaban J connectivity index is 1.38. The number of furan rings is 1. The zero-order valence-corrected chi connectivity index (χ0v) is 15.3. The summed E-state index contributed by atoms with van der Waals surface area (Å²) in [6.07, 6.45) is 7.38. The molecule has 1 aliphatic heterocycles. The first-order valence-electron chi connectivity index (χ1n) is 8.99. The molecule has 3 aromatic heterocycles. The first-order chi connectivity index (χ1) is 12.7. The fourth-order valence-corrected chi connectivity index (χ4v) is 3.51. The molecule has 0 unspecified atom stereocenters. The Morgan fingerprint density at radius 1 is 1.23 bits per heavy atom. The molecule has 0 saturated heterocycles. The largest absolute Gasteiger partial charge is 0.468 e. The van der Waals surface area contributed by atoms with Crippen molar-refractivity contribution in [2.75, 3.05) is 6.54 Å². The van der Waals surface area contributed by atoms with Crippen molar-refractivity contribution in [3.8, 4) is 0 Å². The number of imidazole rings is 1. The van der Waals surface area contributed by atoms with Gasteiger partial charge in [-0.3, -0.25) is 9.88 Å². The quantitative estimate of drug-likeness (QED) is 0.680. The van der Waals surface area contributed by atoms with Gasteiger partial charge in [-0.25, -0.2) is 4.98 Å². The van der Waals surface area contributed by atoms with Crippen molar-refractivity contribution in [1.29, 1.82) is 0 Å². The zero-order valence-electron chi connectivity index (χ0n) is 15.3. The topological polar surface area (TPSA) is 56.3 Å². The average Bonchev–Trinajstić information content (AvgIpc) is 3.28. The normalized spacial score (nSPS) is 17.4. The summed E-state index contributed by atoms with van der Waals surface area (Å²) in [6, 6.07) is 6.31. The van der Waals surface area contributed by atoms with Gasteiger partial charge < -0.3 is 13.7 Å². The summed E-state index contributed by atoms with van der Waals surface area (Å²) >= 11 is 0. The number of fused-ring (bicyclic) bond motifs is 1. The molecule has 4 rings (SSSR count). The number of rotatable bonds is 6. The van der Waals surface area contributed by atoms with Crippen LogP contribution in [0.3, 0.4) is 0 Å². The number of hydrogen-bond donors (Lipinski definition) is 0. The lowest BCUT2D eigenvalue weighted by molar-refractivity contribution is 0.0960. The Hall–Kier alpha value is -2.44. The standard InChI is InChI=1S/C20H24N4O2/c1-15-8-17(10-21-9-15)13-25-14-18-11-22-20-16(2)23(5-6-24(18)20)12-19-4-3-7-26-19/h3-4,7-11,16H,5-6,12-14H2,1-2H3/t16-/m0/s1. The highest BCUT2D eigenvalue weighted by Gasteiger charge is 2.27. The minimum absolute atomic E-state index is 0.253. The van der Waals surface area contributed by atoms with Crippen LogP contribution in [0.15, 0.2) is 47.5 Å². The number of nitrogens with zero attached hydrogens (tertiary/aromatic N) is 4. The molecule has 0 spiro atoms. The van der Waals surface area contributed by atoms with Gasteiger partial charge in [0.1, 0.15) is 11.6 Å². The molecule has 26 heavy (non-hydrogen) atoms. The van der Waals surface area contributed by atoms with Crippen molar-refractivity contribution < 1.29 is 9.15 Å². The van der Waals surface area contributed by atoms with Crippen LogP contribution in [-0.4, -0.2) is 26.0 Å². The highest BCUT2D eigenvalue weighted by Crippen LogP contribution is 2.27. The maximum atomic E-state index is 5.90. The first-order valence-corrected chi connectivity index (χ1v) is 8.99. The molecule has 0 bridgehead atoms. The second-order valence-electron chi connectivity index (χ2n) is 6.85. The van der Waals surface area contributed by atoms with Crippen LogP contribution < -0.4 is 0 Å². The van der Waals surface area contributed by atoms with E-state index in [0.29, 0.717) is 13.2 Å². The van der Waals surface area contributed by atoms with E-state index in [0.717, 1.165) is 48.0 Å². The van der Waals surface area contributed by atoms with Gasteiger partial charge in [-0.1, -0.05) is 6.07 Å². The van der Waals surface area contributed by atoms with Crippen molar-refractivity contribution in [2.24, 2.45) is 0 Å². The molecule has 0 aromatic carbocycles. The first kappa shape index (κ1) is 17.0.